The molecule has 0 bridgehead atoms. The van der Waals surface area contributed by atoms with Crippen molar-refractivity contribution in [2.75, 3.05) is 0 Å². The number of ether oxygens (including phenoxy) is 1. The van der Waals surface area contributed by atoms with Crippen LogP contribution in [0.4, 0.5) is 4.79 Å². The van der Waals surface area contributed by atoms with Gasteiger partial charge in [-0.25, -0.2) is 9.36 Å². The molecule has 0 saturated carbocycles. The molecule has 0 unspecified atom stereocenters. The first kappa shape index (κ1) is 21.3. The van der Waals surface area contributed by atoms with Crippen molar-refractivity contribution in [3.63, 3.8) is 0 Å². The third-order valence-corrected chi connectivity index (χ3v) is 4.99. The minimum absolute atomic E-state index is 0.0663. The predicted molar refractivity (Wildman–Crippen MR) is 125 cm³/mol. The fraction of sp³-hybridized carbons (Fsp3) is 0.167. The van der Waals surface area contributed by atoms with E-state index in [4.69, 9.17) is 17.0 Å². The Kier molecular flexibility index (Phi) is 5.28. The summed E-state index contributed by atoms with van der Waals surface area (Å²) in [7, 11) is 0. The van der Waals surface area contributed by atoms with E-state index in [9.17, 15) is 14.9 Å². The van der Waals surface area contributed by atoms with Crippen molar-refractivity contribution >= 4 is 29.2 Å². The first-order valence-corrected chi connectivity index (χ1v) is 10.3. The molecule has 2 N–H and O–H groups in total. The SMILES string of the molecule is CC(C)(C)OC(=O)n1c(-c2cccc(-c3[nH]c(=S)[nH]c(=O)c3C#N)c2)cc2ccccc21. The fourth-order valence-corrected chi connectivity index (χ4v) is 3.71. The molecule has 4 aromatic rings. The van der Waals surface area contributed by atoms with Crippen LogP contribution >= 0.6 is 12.2 Å². The van der Waals surface area contributed by atoms with Crippen molar-refractivity contribution in [1.29, 1.82) is 5.26 Å². The van der Waals surface area contributed by atoms with Crippen LogP contribution in [0, 0.1) is 16.1 Å². The number of carbonyl (C=O) groups excluding carboxylic acids is 1. The maximum Gasteiger partial charge on any atom is 0.419 e. The molecule has 0 aliphatic heterocycles. The molecule has 0 spiro atoms. The van der Waals surface area contributed by atoms with Crippen LogP contribution in [-0.2, 0) is 4.74 Å². The highest BCUT2D eigenvalue weighted by atomic mass is 32.1. The van der Waals surface area contributed by atoms with Gasteiger partial charge >= 0.3 is 6.09 Å². The van der Waals surface area contributed by atoms with Crippen molar-refractivity contribution in [3.8, 4) is 28.6 Å². The Hall–Kier alpha value is -3.96. The third-order valence-electron chi connectivity index (χ3n) is 4.79. The van der Waals surface area contributed by atoms with Gasteiger partial charge in [0.2, 0.25) is 0 Å². The number of aromatic nitrogens is 3. The lowest BCUT2D eigenvalue weighted by atomic mass is 10.0. The van der Waals surface area contributed by atoms with Gasteiger partial charge in [-0.15, -0.1) is 0 Å². The Labute approximate surface area is 188 Å². The number of nitrogens with one attached hydrogen (secondary N) is 2. The van der Waals surface area contributed by atoms with Crippen molar-refractivity contribution in [2.24, 2.45) is 0 Å². The highest BCUT2D eigenvalue weighted by Crippen LogP contribution is 2.32. The molecule has 0 aliphatic rings. The van der Waals surface area contributed by atoms with E-state index in [2.05, 4.69) is 9.97 Å². The van der Waals surface area contributed by atoms with Crippen molar-refractivity contribution < 1.29 is 9.53 Å². The predicted octanol–water partition coefficient (Wildman–Crippen LogP) is 5.38. The number of hydrogen-bond acceptors (Lipinski definition) is 5. The quantitative estimate of drug-likeness (QED) is 0.404. The molecule has 2 aromatic carbocycles. The lowest BCUT2D eigenvalue weighted by Gasteiger charge is -2.21. The van der Waals surface area contributed by atoms with Gasteiger partial charge in [-0.3, -0.25) is 9.78 Å². The summed E-state index contributed by atoms with van der Waals surface area (Å²) in [5.74, 6) is 0. The summed E-state index contributed by atoms with van der Waals surface area (Å²) in [4.78, 5) is 30.6. The number of H-pyrrole nitrogens is 2. The van der Waals surface area contributed by atoms with Crippen LogP contribution in [0.5, 0.6) is 0 Å². The molecule has 32 heavy (non-hydrogen) atoms. The topological polar surface area (TPSA) is 104 Å². The van der Waals surface area contributed by atoms with Gasteiger partial charge < -0.3 is 9.72 Å². The van der Waals surface area contributed by atoms with Crippen LogP contribution in [0.2, 0.25) is 0 Å². The molecule has 0 amide bonds. The van der Waals surface area contributed by atoms with Crippen LogP contribution in [0.25, 0.3) is 33.4 Å². The van der Waals surface area contributed by atoms with E-state index in [1.165, 1.54) is 4.57 Å². The summed E-state index contributed by atoms with van der Waals surface area (Å²) < 4.78 is 7.31. The normalized spacial score (nSPS) is 11.3. The number of fused-ring (bicyclic) bond motifs is 1. The van der Waals surface area contributed by atoms with Crippen LogP contribution in [0.15, 0.2) is 59.4 Å². The standard InChI is InChI=1S/C24H20N4O3S/c1-24(2,3)31-23(30)28-18-10-5-4-7-15(18)12-19(28)14-8-6-9-16(11-14)20-17(13-25)21(29)27-22(32)26-20/h4-12H,1-3H3,(H2,26,27,29,32). The minimum Gasteiger partial charge on any atom is -0.443 e. The van der Waals surface area contributed by atoms with Gasteiger partial charge in [0.25, 0.3) is 5.56 Å². The van der Waals surface area contributed by atoms with Gasteiger partial charge in [0.05, 0.1) is 16.9 Å². The molecular weight excluding hydrogens is 424 g/mol. The molecule has 0 fully saturated rings. The number of nitriles is 1. The Morgan fingerprint density at radius 3 is 2.50 bits per heavy atom. The monoisotopic (exact) mass is 444 g/mol. The van der Waals surface area contributed by atoms with E-state index in [0.717, 1.165) is 10.9 Å². The van der Waals surface area contributed by atoms with Crippen molar-refractivity contribution in [3.05, 3.63) is 75.3 Å². The second kappa shape index (κ2) is 7.94. The van der Waals surface area contributed by atoms with Crippen LogP contribution in [0.3, 0.4) is 0 Å². The van der Waals surface area contributed by atoms with Gasteiger partial charge in [-0.05, 0) is 56.8 Å². The second-order valence-electron chi connectivity index (χ2n) is 8.26. The number of para-hydroxylation sites is 1. The molecule has 2 heterocycles. The second-order valence-corrected chi connectivity index (χ2v) is 8.66. The zero-order valence-electron chi connectivity index (χ0n) is 17.7. The fourth-order valence-electron chi connectivity index (χ4n) is 3.52. The maximum atomic E-state index is 13.1. The van der Waals surface area contributed by atoms with Gasteiger partial charge in [0.1, 0.15) is 17.2 Å². The Bertz CT molecular complexity index is 1510. The zero-order valence-corrected chi connectivity index (χ0v) is 18.5. The van der Waals surface area contributed by atoms with E-state index < -0.39 is 17.3 Å². The van der Waals surface area contributed by atoms with Crippen LogP contribution < -0.4 is 5.56 Å². The summed E-state index contributed by atoms with van der Waals surface area (Å²) in [5.41, 5.74) is 1.69. The first-order valence-electron chi connectivity index (χ1n) is 9.89. The Morgan fingerprint density at radius 2 is 1.78 bits per heavy atom. The van der Waals surface area contributed by atoms with Gasteiger partial charge in [0.15, 0.2) is 4.77 Å². The molecular formula is C24H20N4O3S. The number of aromatic amines is 2. The number of nitrogens with zero attached hydrogens (tertiary/aromatic N) is 2. The van der Waals surface area contributed by atoms with Crippen molar-refractivity contribution in [1.82, 2.24) is 14.5 Å². The average molecular weight is 445 g/mol. The summed E-state index contributed by atoms with van der Waals surface area (Å²) in [5, 5.41) is 10.4. The molecule has 4 rings (SSSR count). The summed E-state index contributed by atoms with van der Waals surface area (Å²) in [6, 6.07) is 18.6. The van der Waals surface area contributed by atoms with E-state index in [1.807, 2.05) is 63.2 Å². The lowest BCUT2D eigenvalue weighted by Crippen LogP contribution is -2.27. The largest absolute Gasteiger partial charge is 0.443 e. The summed E-state index contributed by atoms with van der Waals surface area (Å²) >= 11 is 5.08. The zero-order chi connectivity index (χ0) is 23.0. The molecule has 7 nitrogen and oxygen atoms in total. The molecule has 0 aliphatic carbocycles. The molecule has 0 radical (unpaired) electrons. The van der Waals surface area contributed by atoms with E-state index in [1.54, 1.807) is 18.2 Å². The van der Waals surface area contributed by atoms with Gasteiger partial charge in [-0.1, -0.05) is 36.4 Å². The Balaban J connectivity index is 1.94. The van der Waals surface area contributed by atoms with Gasteiger partial charge in [0, 0.05) is 10.9 Å². The summed E-state index contributed by atoms with van der Waals surface area (Å²) in [6.07, 6.45) is -0.493. The summed E-state index contributed by atoms with van der Waals surface area (Å²) in [6.45, 7) is 5.44. The van der Waals surface area contributed by atoms with E-state index >= 15 is 0 Å². The molecule has 8 heteroatoms. The smallest absolute Gasteiger partial charge is 0.419 e. The molecule has 0 saturated heterocycles. The number of carbonyl (C=O) groups is 1. The third kappa shape index (κ3) is 3.98. The van der Waals surface area contributed by atoms with Crippen LogP contribution in [-0.4, -0.2) is 26.2 Å². The van der Waals surface area contributed by atoms with E-state index in [-0.39, 0.29) is 10.3 Å². The molecule has 160 valence electrons. The van der Waals surface area contributed by atoms with Crippen molar-refractivity contribution in [2.45, 2.75) is 26.4 Å². The molecule has 0 atom stereocenters. The van der Waals surface area contributed by atoms with E-state index in [0.29, 0.717) is 22.5 Å². The molecule has 2 aromatic heterocycles. The van der Waals surface area contributed by atoms with Crippen LogP contribution in [0.1, 0.15) is 26.3 Å². The first-order chi connectivity index (χ1) is 15.2. The highest BCUT2D eigenvalue weighted by molar-refractivity contribution is 7.71. The number of rotatable bonds is 2. The lowest BCUT2D eigenvalue weighted by molar-refractivity contribution is 0.0547. The van der Waals surface area contributed by atoms with Gasteiger partial charge in [-0.2, -0.15) is 5.26 Å². The highest BCUT2D eigenvalue weighted by Gasteiger charge is 2.23. The Morgan fingerprint density at radius 1 is 1.06 bits per heavy atom. The minimum atomic E-state index is -0.664. The average Bonchev–Trinajstić information content (AvgIpc) is 3.12. The maximum absolute atomic E-state index is 13.1. The number of hydrogen-bond donors (Lipinski definition) is 2. The number of benzene rings is 2.